The molecule has 0 aliphatic heterocycles. The van der Waals surface area contributed by atoms with Crippen molar-refractivity contribution >= 4 is 5.91 Å². The number of carbonyl (C=O) groups excluding carboxylic acids is 1. The number of hydrogen-bond donors (Lipinski definition) is 3. The van der Waals surface area contributed by atoms with E-state index in [0.717, 1.165) is 16.7 Å². The van der Waals surface area contributed by atoms with E-state index in [-0.39, 0.29) is 5.91 Å². The lowest BCUT2D eigenvalue weighted by atomic mass is 9.91. The highest BCUT2D eigenvalue weighted by Crippen LogP contribution is 2.32. The second kappa shape index (κ2) is 5.55. The molecule has 1 aliphatic carbocycles. The Hall–Kier alpha value is -2.17. The molecule has 1 unspecified atom stereocenters. The number of amides is 1. The van der Waals surface area contributed by atoms with Gasteiger partial charge in [0, 0.05) is 6.42 Å². The minimum Gasteiger partial charge on any atom is -0.390 e. The van der Waals surface area contributed by atoms with Gasteiger partial charge in [-0.3, -0.25) is 4.79 Å². The first-order valence-electron chi connectivity index (χ1n) is 7.41. The molecule has 0 saturated carbocycles. The Balaban J connectivity index is 1.83. The average Bonchev–Trinajstić information content (AvgIpc) is 2.84. The molecule has 0 spiro atoms. The molecule has 114 valence electrons. The highest BCUT2D eigenvalue weighted by Gasteiger charge is 2.37. The highest BCUT2D eigenvalue weighted by atomic mass is 16.3. The van der Waals surface area contributed by atoms with Crippen LogP contribution in [0.15, 0.2) is 54.6 Å². The van der Waals surface area contributed by atoms with Crippen LogP contribution in [0, 0.1) is 0 Å². The summed E-state index contributed by atoms with van der Waals surface area (Å²) in [4.78, 5) is 12.6. The molecule has 0 saturated heterocycles. The maximum absolute atomic E-state index is 12.6. The van der Waals surface area contributed by atoms with Gasteiger partial charge in [0.1, 0.15) is 5.54 Å². The molecule has 22 heavy (non-hydrogen) atoms. The molecule has 3 atom stereocenters. The number of fused-ring (bicyclic) bond motifs is 1. The fourth-order valence-electron chi connectivity index (χ4n) is 2.95. The molecular formula is C18H20N2O2. The molecule has 2 aromatic carbocycles. The molecule has 0 radical (unpaired) electrons. The van der Waals surface area contributed by atoms with Gasteiger partial charge in [0.25, 0.3) is 0 Å². The van der Waals surface area contributed by atoms with E-state index in [1.807, 2.05) is 54.6 Å². The van der Waals surface area contributed by atoms with E-state index < -0.39 is 17.7 Å². The van der Waals surface area contributed by atoms with Crippen molar-refractivity contribution in [1.82, 2.24) is 5.32 Å². The summed E-state index contributed by atoms with van der Waals surface area (Å²) >= 11 is 0. The van der Waals surface area contributed by atoms with Gasteiger partial charge in [-0.05, 0) is 23.6 Å². The maximum atomic E-state index is 12.6. The lowest BCUT2D eigenvalue weighted by Gasteiger charge is -2.27. The van der Waals surface area contributed by atoms with Crippen LogP contribution < -0.4 is 11.1 Å². The third-order valence-electron chi connectivity index (χ3n) is 4.34. The first kappa shape index (κ1) is 14.8. The van der Waals surface area contributed by atoms with Gasteiger partial charge in [-0.25, -0.2) is 0 Å². The molecule has 1 aliphatic rings. The van der Waals surface area contributed by atoms with Gasteiger partial charge in [-0.15, -0.1) is 0 Å². The summed E-state index contributed by atoms with van der Waals surface area (Å²) in [5.74, 6) is -0.292. The molecule has 0 heterocycles. The number of aliphatic hydroxyl groups is 1. The molecule has 4 nitrogen and oxygen atoms in total. The molecule has 0 fully saturated rings. The van der Waals surface area contributed by atoms with Gasteiger partial charge in [-0.2, -0.15) is 0 Å². The van der Waals surface area contributed by atoms with E-state index >= 15 is 0 Å². The van der Waals surface area contributed by atoms with Crippen LogP contribution in [0.5, 0.6) is 0 Å². The van der Waals surface area contributed by atoms with Crippen LogP contribution >= 0.6 is 0 Å². The van der Waals surface area contributed by atoms with Crippen LogP contribution in [0.25, 0.3) is 0 Å². The number of rotatable bonds is 3. The quantitative estimate of drug-likeness (QED) is 0.806. The van der Waals surface area contributed by atoms with Crippen LogP contribution in [0.4, 0.5) is 0 Å². The molecule has 0 aromatic heterocycles. The Morgan fingerprint density at radius 3 is 2.55 bits per heavy atom. The van der Waals surface area contributed by atoms with E-state index in [4.69, 9.17) is 5.73 Å². The van der Waals surface area contributed by atoms with Crippen molar-refractivity contribution in [3.8, 4) is 0 Å². The summed E-state index contributed by atoms with van der Waals surface area (Å²) in [5, 5.41) is 13.1. The predicted octanol–water partition coefficient (Wildman–Crippen LogP) is 1.63. The minimum absolute atomic E-state index is 0.292. The van der Waals surface area contributed by atoms with Crippen molar-refractivity contribution in [2.45, 2.75) is 31.0 Å². The number of nitrogens with two attached hydrogens (primary N) is 1. The molecule has 4 heteroatoms. The van der Waals surface area contributed by atoms with Gasteiger partial charge in [-0.1, -0.05) is 54.6 Å². The van der Waals surface area contributed by atoms with E-state index in [2.05, 4.69) is 5.32 Å². The van der Waals surface area contributed by atoms with Gasteiger partial charge in [0.2, 0.25) is 5.91 Å². The van der Waals surface area contributed by atoms with Crippen LogP contribution in [0.2, 0.25) is 0 Å². The zero-order valence-electron chi connectivity index (χ0n) is 12.5. The van der Waals surface area contributed by atoms with Crippen molar-refractivity contribution < 1.29 is 9.90 Å². The largest absolute Gasteiger partial charge is 0.390 e. The van der Waals surface area contributed by atoms with Crippen LogP contribution in [0.3, 0.4) is 0 Å². The summed E-state index contributed by atoms with van der Waals surface area (Å²) in [7, 11) is 0. The van der Waals surface area contributed by atoms with Crippen molar-refractivity contribution in [3.63, 3.8) is 0 Å². The molecule has 0 bridgehead atoms. The SMILES string of the molecule is CC(N)(C(=O)N[C@@H]1c2ccccc2C[C@@H]1O)c1ccccc1. The number of hydrogen-bond acceptors (Lipinski definition) is 3. The number of nitrogens with one attached hydrogen (secondary N) is 1. The minimum atomic E-state index is -1.14. The average molecular weight is 296 g/mol. The third-order valence-corrected chi connectivity index (χ3v) is 4.34. The van der Waals surface area contributed by atoms with Crippen molar-refractivity contribution in [3.05, 3.63) is 71.3 Å². The molecule has 2 aromatic rings. The highest BCUT2D eigenvalue weighted by molar-refractivity contribution is 5.87. The smallest absolute Gasteiger partial charge is 0.244 e. The second-order valence-electron chi connectivity index (χ2n) is 5.99. The Kier molecular flexibility index (Phi) is 3.72. The Labute approximate surface area is 130 Å². The summed E-state index contributed by atoms with van der Waals surface area (Å²) < 4.78 is 0. The van der Waals surface area contributed by atoms with Gasteiger partial charge in [0.05, 0.1) is 12.1 Å². The lowest BCUT2D eigenvalue weighted by Crippen LogP contribution is -2.51. The van der Waals surface area contributed by atoms with Gasteiger partial charge in [0.15, 0.2) is 0 Å². The third kappa shape index (κ3) is 2.51. The number of aliphatic hydroxyl groups excluding tert-OH is 1. The van der Waals surface area contributed by atoms with Crippen molar-refractivity contribution in [2.24, 2.45) is 5.73 Å². The van der Waals surface area contributed by atoms with Crippen LogP contribution in [-0.2, 0) is 16.8 Å². The zero-order chi connectivity index (χ0) is 15.7. The van der Waals surface area contributed by atoms with Crippen LogP contribution in [0.1, 0.15) is 29.7 Å². The standard InChI is InChI=1S/C18H20N2O2/c1-18(19,13-8-3-2-4-9-13)17(22)20-16-14-10-6-5-7-12(14)11-15(16)21/h2-10,15-16,21H,11,19H2,1H3,(H,20,22)/t15-,16+,18?/m0/s1. The van der Waals surface area contributed by atoms with Crippen LogP contribution in [-0.4, -0.2) is 17.1 Å². The van der Waals surface area contributed by atoms with Gasteiger partial charge >= 0.3 is 0 Å². The topological polar surface area (TPSA) is 75.4 Å². The molecule has 3 rings (SSSR count). The van der Waals surface area contributed by atoms with Gasteiger partial charge < -0.3 is 16.2 Å². The normalized spacial score (nSPS) is 22.7. The van der Waals surface area contributed by atoms with Crippen molar-refractivity contribution in [2.75, 3.05) is 0 Å². The Morgan fingerprint density at radius 1 is 1.18 bits per heavy atom. The van der Waals surface area contributed by atoms with E-state index in [0.29, 0.717) is 6.42 Å². The first-order valence-corrected chi connectivity index (χ1v) is 7.41. The van der Waals surface area contributed by atoms with E-state index in [9.17, 15) is 9.90 Å². The first-order chi connectivity index (χ1) is 10.5. The molecule has 1 amide bonds. The Bertz CT molecular complexity index is 682. The summed E-state index contributed by atoms with van der Waals surface area (Å²) in [6, 6.07) is 16.6. The summed E-state index contributed by atoms with van der Waals surface area (Å²) in [5.41, 5.74) is 7.87. The zero-order valence-corrected chi connectivity index (χ0v) is 12.5. The monoisotopic (exact) mass is 296 g/mol. The van der Waals surface area contributed by atoms with E-state index in [1.54, 1.807) is 6.92 Å². The number of carbonyl (C=O) groups is 1. The Morgan fingerprint density at radius 2 is 1.82 bits per heavy atom. The molecular weight excluding hydrogens is 276 g/mol. The van der Waals surface area contributed by atoms with E-state index in [1.165, 1.54) is 0 Å². The fourth-order valence-corrected chi connectivity index (χ4v) is 2.95. The van der Waals surface area contributed by atoms with Crippen molar-refractivity contribution in [1.29, 1.82) is 0 Å². The summed E-state index contributed by atoms with van der Waals surface area (Å²) in [6.07, 6.45) is -0.0683. The fraction of sp³-hybridized carbons (Fsp3) is 0.278. The lowest BCUT2D eigenvalue weighted by molar-refractivity contribution is -0.127. The second-order valence-corrected chi connectivity index (χ2v) is 5.99. The predicted molar refractivity (Wildman–Crippen MR) is 85.0 cm³/mol. The maximum Gasteiger partial charge on any atom is 0.244 e. The summed E-state index contributed by atoms with van der Waals surface area (Å²) in [6.45, 7) is 1.69. The number of benzene rings is 2. The molecule has 4 N–H and O–H groups in total.